The molecule has 5 nitrogen and oxygen atoms in total. The van der Waals surface area contributed by atoms with E-state index in [1.807, 2.05) is 42.5 Å². The Hall–Kier alpha value is -3.54. The molecule has 0 bridgehead atoms. The molecule has 2 N–H and O–H groups in total. The topological polar surface area (TPSA) is 70.6 Å². The lowest BCUT2D eigenvalue weighted by Crippen LogP contribution is -2.34. The quantitative estimate of drug-likeness (QED) is 0.549. The van der Waals surface area contributed by atoms with Crippen LogP contribution in [-0.2, 0) is 4.79 Å². The zero-order valence-corrected chi connectivity index (χ0v) is 13.8. The Bertz CT molecular complexity index is 963. The van der Waals surface area contributed by atoms with Gasteiger partial charge in [-0.15, -0.1) is 0 Å². The molecule has 0 radical (unpaired) electrons. The molecule has 0 heterocycles. The van der Waals surface area contributed by atoms with Gasteiger partial charge in [-0.25, -0.2) is 9.82 Å². The summed E-state index contributed by atoms with van der Waals surface area (Å²) in [6, 6.07) is 18.7. The van der Waals surface area contributed by atoms with Gasteiger partial charge in [0, 0.05) is 11.1 Å². The third-order valence-electron chi connectivity index (χ3n) is 3.73. The van der Waals surface area contributed by atoms with E-state index >= 15 is 0 Å². The van der Waals surface area contributed by atoms with Crippen molar-refractivity contribution in [3.05, 3.63) is 83.7 Å². The number of nitrogens with zero attached hydrogens (tertiary/aromatic N) is 1. The van der Waals surface area contributed by atoms with E-state index in [1.54, 1.807) is 6.21 Å². The highest BCUT2D eigenvalue weighted by atomic mass is 19.1. The second-order valence-corrected chi connectivity index (χ2v) is 5.55. The van der Waals surface area contributed by atoms with Crippen molar-refractivity contribution in [1.82, 2.24) is 10.7 Å². The van der Waals surface area contributed by atoms with E-state index in [1.165, 1.54) is 24.3 Å². The van der Waals surface area contributed by atoms with E-state index in [2.05, 4.69) is 15.8 Å². The van der Waals surface area contributed by atoms with E-state index in [0.717, 1.165) is 16.3 Å². The number of amides is 2. The Morgan fingerprint density at radius 3 is 2.50 bits per heavy atom. The van der Waals surface area contributed by atoms with Crippen LogP contribution in [0.25, 0.3) is 10.8 Å². The number of hydrogen-bond acceptors (Lipinski definition) is 3. The molecule has 0 aliphatic rings. The van der Waals surface area contributed by atoms with Gasteiger partial charge in [0.2, 0.25) is 0 Å². The molecule has 0 fully saturated rings. The number of carbonyl (C=O) groups is 2. The Balaban J connectivity index is 1.54. The highest BCUT2D eigenvalue weighted by Crippen LogP contribution is 2.16. The number of hydrazone groups is 1. The minimum absolute atomic E-state index is 0.233. The molecule has 26 heavy (non-hydrogen) atoms. The molecule has 0 spiro atoms. The molecule has 0 saturated heterocycles. The average Bonchev–Trinajstić information content (AvgIpc) is 2.67. The van der Waals surface area contributed by atoms with E-state index < -0.39 is 17.6 Å². The summed E-state index contributed by atoms with van der Waals surface area (Å²) in [5.41, 5.74) is 3.52. The number of nitrogens with one attached hydrogen (secondary N) is 2. The molecule has 0 unspecified atom stereocenters. The molecule has 3 aromatic carbocycles. The van der Waals surface area contributed by atoms with Crippen LogP contribution in [0.5, 0.6) is 0 Å². The van der Waals surface area contributed by atoms with E-state index in [-0.39, 0.29) is 12.1 Å². The van der Waals surface area contributed by atoms with Gasteiger partial charge >= 0.3 is 0 Å². The molecule has 0 atom stereocenters. The average molecular weight is 349 g/mol. The number of benzene rings is 3. The van der Waals surface area contributed by atoms with Crippen molar-refractivity contribution in [1.29, 1.82) is 0 Å². The van der Waals surface area contributed by atoms with Gasteiger partial charge < -0.3 is 5.32 Å². The first kappa shape index (κ1) is 17.3. The van der Waals surface area contributed by atoms with E-state index in [0.29, 0.717) is 0 Å². The third-order valence-corrected chi connectivity index (χ3v) is 3.73. The van der Waals surface area contributed by atoms with Gasteiger partial charge in [0.25, 0.3) is 11.8 Å². The number of rotatable bonds is 5. The van der Waals surface area contributed by atoms with E-state index in [4.69, 9.17) is 0 Å². The smallest absolute Gasteiger partial charge is 0.259 e. The number of carbonyl (C=O) groups excluding carboxylic acids is 2. The van der Waals surface area contributed by atoms with Crippen LogP contribution in [0.15, 0.2) is 71.8 Å². The second-order valence-electron chi connectivity index (χ2n) is 5.55. The Morgan fingerprint density at radius 2 is 1.69 bits per heavy atom. The molecular weight excluding hydrogens is 333 g/mol. The van der Waals surface area contributed by atoms with Gasteiger partial charge in [0.05, 0.1) is 12.8 Å². The summed E-state index contributed by atoms with van der Waals surface area (Å²) in [6.45, 7) is -0.233. The molecule has 0 saturated carbocycles. The zero-order chi connectivity index (χ0) is 18.4. The van der Waals surface area contributed by atoms with Crippen molar-refractivity contribution in [2.75, 3.05) is 6.54 Å². The van der Waals surface area contributed by atoms with Crippen LogP contribution >= 0.6 is 0 Å². The monoisotopic (exact) mass is 349 g/mol. The molecule has 3 aromatic rings. The molecule has 130 valence electrons. The molecule has 0 aliphatic heterocycles. The van der Waals surface area contributed by atoms with Crippen LogP contribution in [0.4, 0.5) is 4.39 Å². The summed E-state index contributed by atoms with van der Waals surface area (Å²) < 4.78 is 12.8. The number of hydrogen-bond donors (Lipinski definition) is 2. The SMILES string of the molecule is O=C(CNC(=O)c1ccc(F)cc1)N/N=C\c1cccc2ccccc12. The van der Waals surface area contributed by atoms with Gasteiger partial charge in [0.15, 0.2) is 0 Å². The lowest BCUT2D eigenvalue weighted by molar-refractivity contribution is -0.120. The Labute approximate surface area is 149 Å². The maximum absolute atomic E-state index is 12.8. The Kier molecular flexibility index (Phi) is 5.34. The van der Waals surface area contributed by atoms with Crippen LogP contribution in [0.3, 0.4) is 0 Å². The van der Waals surface area contributed by atoms with Gasteiger partial charge in [-0.2, -0.15) is 5.10 Å². The van der Waals surface area contributed by atoms with Gasteiger partial charge in [0.1, 0.15) is 5.82 Å². The van der Waals surface area contributed by atoms with Crippen LogP contribution < -0.4 is 10.7 Å². The minimum atomic E-state index is -0.461. The highest BCUT2D eigenvalue weighted by Gasteiger charge is 2.07. The third kappa shape index (κ3) is 4.30. The Morgan fingerprint density at radius 1 is 0.962 bits per heavy atom. The summed E-state index contributed by atoms with van der Waals surface area (Å²) in [5.74, 6) is -1.35. The summed E-state index contributed by atoms with van der Waals surface area (Å²) in [6.07, 6.45) is 1.56. The summed E-state index contributed by atoms with van der Waals surface area (Å²) in [5, 5.41) is 8.48. The van der Waals surface area contributed by atoms with Gasteiger partial charge in [-0.1, -0.05) is 42.5 Å². The molecular formula is C20H16FN3O2. The van der Waals surface area contributed by atoms with Crippen LogP contribution in [-0.4, -0.2) is 24.6 Å². The first-order valence-electron chi connectivity index (χ1n) is 7.97. The predicted molar refractivity (Wildman–Crippen MR) is 98.4 cm³/mol. The van der Waals surface area contributed by atoms with Crippen molar-refractivity contribution in [2.24, 2.45) is 5.10 Å². The van der Waals surface area contributed by atoms with Gasteiger partial charge in [-0.3, -0.25) is 9.59 Å². The zero-order valence-electron chi connectivity index (χ0n) is 13.8. The minimum Gasteiger partial charge on any atom is -0.343 e. The fraction of sp³-hybridized carbons (Fsp3) is 0.0500. The van der Waals surface area contributed by atoms with Crippen molar-refractivity contribution >= 4 is 28.8 Å². The normalized spacial score (nSPS) is 10.8. The van der Waals surface area contributed by atoms with Crippen molar-refractivity contribution in [3.8, 4) is 0 Å². The van der Waals surface area contributed by atoms with Crippen molar-refractivity contribution in [2.45, 2.75) is 0 Å². The van der Waals surface area contributed by atoms with Crippen molar-refractivity contribution < 1.29 is 14.0 Å². The molecule has 2 amide bonds. The molecule has 3 rings (SSSR count). The van der Waals surface area contributed by atoms with Crippen LogP contribution in [0.1, 0.15) is 15.9 Å². The molecule has 0 aliphatic carbocycles. The predicted octanol–water partition coefficient (Wildman–Crippen LogP) is 2.86. The number of fused-ring (bicyclic) bond motifs is 1. The van der Waals surface area contributed by atoms with Gasteiger partial charge in [-0.05, 0) is 35.0 Å². The molecule has 0 aromatic heterocycles. The van der Waals surface area contributed by atoms with Crippen molar-refractivity contribution in [3.63, 3.8) is 0 Å². The largest absolute Gasteiger partial charge is 0.343 e. The lowest BCUT2D eigenvalue weighted by Gasteiger charge is -2.04. The first-order chi connectivity index (χ1) is 12.6. The standard InChI is InChI=1S/C20H16FN3O2/c21-17-10-8-15(9-11-17)20(26)22-13-19(25)24-23-12-16-6-3-5-14-4-1-2-7-18(14)16/h1-12H,13H2,(H,22,26)(H,24,25)/b23-12-. The summed E-state index contributed by atoms with van der Waals surface area (Å²) >= 11 is 0. The maximum Gasteiger partial charge on any atom is 0.259 e. The lowest BCUT2D eigenvalue weighted by atomic mass is 10.1. The number of halogens is 1. The maximum atomic E-state index is 12.8. The van der Waals surface area contributed by atoms with Crippen LogP contribution in [0, 0.1) is 5.82 Å². The summed E-state index contributed by atoms with van der Waals surface area (Å²) in [7, 11) is 0. The second kappa shape index (κ2) is 8.02. The first-order valence-corrected chi connectivity index (χ1v) is 7.97. The fourth-order valence-corrected chi connectivity index (χ4v) is 2.44. The summed E-state index contributed by atoms with van der Waals surface area (Å²) in [4.78, 5) is 23.6. The van der Waals surface area contributed by atoms with E-state index in [9.17, 15) is 14.0 Å². The molecule has 6 heteroatoms. The fourth-order valence-electron chi connectivity index (χ4n) is 2.44. The highest BCUT2D eigenvalue weighted by molar-refractivity contribution is 6.00. The van der Waals surface area contributed by atoms with Crippen LogP contribution in [0.2, 0.25) is 0 Å².